The zero-order chi connectivity index (χ0) is 15.5. The highest BCUT2D eigenvalue weighted by molar-refractivity contribution is 7.13. The van der Waals surface area contributed by atoms with E-state index in [1.54, 1.807) is 0 Å². The Hall–Kier alpha value is -1.11. The minimum absolute atomic E-state index is 0. The summed E-state index contributed by atoms with van der Waals surface area (Å²) in [6.07, 6.45) is 2.59. The molecule has 7 heteroatoms. The van der Waals surface area contributed by atoms with Gasteiger partial charge in [0.05, 0.1) is 11.4 Å². The molecule has 128 valence electrons. The molecule has 2 amide bonds. The summed E-state index contributed by atoms with van der Waals surface area (Å²) in [4.78, 5) is 30.1. The van der Waals surface area contributed by atoms with E-state index in [0.717, 1.165) is 22.2 Å². The third-order valence-corrected chi connectivity index (χ3v) is 5.27. The van der Waals surface area contributed by atoms with Gasteiger partial charge in [0.2, 0.25) is 5.91 Å². The third-order valence-electron chi connectivity index (χ3n) is 4.28. The number of carbonyl (C=O) groups excluding carboxylic acids is 2. The van der Waals surface area contributed by atoms with E-state index >= 15 is 0 Å². The summed E-state index contributed by atoms with van der Waals surface area (Å²) in [5, 5.41) is 3.24. The standard InChI is InChI=1S/C16H23N3O2S.ClH/c1-12-2-5-14(22-12)16(21)19-8-6-18(7-9-19)15(20)11-17-10-13-3-4-13;/h2,5,13,17H,3-4,6-11H2,1H3;1H. The number of hydrogen-bond acceptors (Lipinski definition) is 4. The molecule has 0 spiro atoms. The molecule has 1 saturated heterocycles. The number of hydrogen-bond donors (Lipinski definition) is 1. The number of carbonyl (C=O) groups is 2. The van der Waals surface area contributed by atoms with Crippen molar-refractivity contribution in [2.75, 3.05) is 39.3 Å². The van der Waals surface area contributed by atoms with Crippen LogP contribution in [0.4, 0.5) is 0 Å². The van der Waals surface area contributed by atoms with Crippen LogP contribution in [0, 0.1) is 12.8 Å². The van der Waals surface area contributed by atoms with Gasteiger partial charge in [-0.25, -0.2) is 0 Å². The zero-order valence-electron chi connectivity index (χ0n) is 13.4. The second-order valence-corrected chi connectivity index (χ2v) is 7.45. The maximum Gasteiger partial charge on any atom is 0.264 e. The third kappa shape index (κ3) is 4.93. The van der Waals surface area contributed by atoms with Gasteiger partial charge in [0, 0.05) is 31.1 Å². The molecule has 2 fully saturated rings. The van der Waals surface area contributed by atoms with Crippen molar-refractivity contribution in [1.29, 1.82) is 0 Å². The summed E-state index contributed by atoms with van der Waals surface area (Å²) in [7, 11) is 0. The van der Waals surface area contributed by atoms with Gasteiger partial charge in [-0.05, 0) is 44.4 Å². The van der Waals surface area contributed by atoms with Crippen LogP contribution in [0.3, 0.4) is 0 Å². The van der Waals surface area contributed by atoms with Gasteiger partial charge in [-0.15, -0.1) is 23.7 Å². The summed E-state index contributed by atoms with van der Waals surface area (Å²) in [6, 6.07) is 3.87. The minimum atomic E-state index is 0. The molecule has 0 atom stereocenters. The predicted octanol–water partition coefficient (Wildman–Crippen LogP) is 1.76. The van der Waals surface area contributed by atoms with E-state index in [0.29, 0.717) is 32.7 Å². The van der Waals surface area contributed by atoms with E-state index in [1.807, 2.05) is 28.9 Å². The summed E-state index contributed by atoms with van der Waals surface area (Å²) in [6.45, 7) is 5.93. The van der Waals surface area contributed by atoms with Gasteiger partial charge in [-0.2, -0.15) is 0 Å². The first-order valence-corrected chi connectivity index (χ1v) is 8.79. The largest absolute Gasteiger partial charge is 0.338 e. The number of rotatable bonds is 5. The summed E-state index contributed by atoms with van der Waals surface area (Å²) >= 11 is 1.53. The molecule has 1 aliphatic carbocycles. The van der Waals surface area contributed by atoms with Crippen LogP contribution in [0.2, 0.25) is 0 Å². The smallest absolute Gasteiger partial charge is 0.264 e. The first-order chi connectivity index (χ1) is 10.6. The van der Waals surface area contributed by atoms with E-state index in [4.69, 9.17) is 0 Å². The normalized spacial score (nSPS) is 17.8. The highest BCUT2D eigenvalue weighted by Crippen LogP contribution is 2.27. The molecule has 2 aliphatic rings. The molecule has 1 aromatic rings. The van der Waals surface area contributed by atoms with Crippen molar-refractivity contribution in [1.82, 2.24) is 15.1 Å². The quantitative estimate of drug-likeness (QED) is 0.873. The number of thiophene rings is 1. The first kappa shape index (κ1) is 18.2. The molecule has 23 heavy (non-hydrogen) atoms. The lowest BCUT2D eigenvalue weighted by Crippen LogP contribution is -2.52. The zero-order valence-corrected chi connectivity index (χ0v) is 15.0. The SMILES string of the molecule is Cc1ccc(C(=O)N2CCN(C(=O)CNCC3CC3)CC2)s1.Cl. The molecule has 0 unspecified atom stereocenters. The number of halogens is 1. The van der Waals surface area contributed by atoms with Gasteiger partial charge in [0.25, 0.3) is 5.91 Å². The second-order valence-electron chi connectivity index (χ2n) is 6.16. The predicted molar refractivity (Wildman–Crippen MR) is 94.4 cm³/mol. The maximum absolute atomic E-state index is 12.4. The molecule has 1 saturated carbocycles. The average molecular weight is 358 g/mol. The Morgan fingerprint density at radius 1 is 1.17 bits per heavy atom. The Balaban J connectivity index is 0.00000192. The monoisotopic (exact) mass is 357 g/mol. The van der Waals surface area contributed by atoms with E-state index in [-0.39, 0.29) is 24.2 Å². The van der Waals surface area contributed by atoms with Crippen molar-refractivity contribution in [2.45, 2.75) is 19.8 Å². The molecule has 1 aromatic heterocycles. The van der Waals surface area contributed by atoms with Crippen molar-refractivity contribution >= 4 is 35.6 Å². The van der Waals surface area contributed by atoms with Crippen LogP contribution in [-0.2, 0) is 4.79 Å². The number of piperazine rings is 1. The summed E-state index contributed by atoms with van der Waals surface area (Å²) in [5.41, 5.74) is 0. The van der Waals surface area contributed by atoms with Crippen LogP contribution in [0.5, 0.6) is 0 Å². The van der Waals surface area contributed by atoms with Crippen molar-refractivity contribution in [3.05, 3.63) is 21.9 Å². The first-order valence-electron chi connectivity index (χ1n) is 7.97. The number of nitrogens with one attached hydrogen (secondary N) is 1. The summed E-state index contributed by atoms with van der Waals surface area (Å²) < 4.78 is 0. The molecule has 3 rings (SSSR count). The van der Waals surface area contributed by atoms with E-state index < -0.39 is 0 Å². The fourth-order valence-electron chi connectivity index (χ4n) is 2.68. The summed E-state index contributed by atoms with van der Waals surface area (Å²) in [5.74, 6) is 1.04. The van der Waals surface area contributed by atoms with E-state index in [9.17, 15) is 9.59 Å². The molecular weight excluding hydrogens is 334 g/mol. The lowest BCUT2D eigenvalue weighted by Gasteiger charge is -2.34. The molecule has 1 N–H and O–H groups in total. The van der Waals surface area contributed by atoms with Gasteiger partial charge in [-0.3, -0.25) is 9.59 Å². The highest BCUT2D eigenvalue weighted by atomic mass is 35.5. The Morgan fingerprint density at radius 3 is 2.39 bits per heavy atom. The number of aryl methyl sites for hydroxylation is 1. The molecule has 1 aliphatic heterocycles. The van der Waals surface area contributed by atoms with Gasteiger partial charge >= 0.3 is 0 Å². The van der Waals surface area contributed by atoms with E-state index in [2.05, 4.69) is 5.32 Å². The topological polar surface area (TPSA) is 52.7 Å². The lowest BCUT2D eigenvalue weighted by atomic mass is 10.3. The van der Waals surface area contributed by atoms with Gasteiger partial charge in [0.15, 0.2) is 0 Å². The van der Waals surface area contributed by atoms with Crippen molar-refractivity contribution in [2.24, 2.45) is 5.92 Å². The molecular formula is C16H24ClN3O2S. The van der Waals surface area contributed by atoms with Crippen LogP contribution in [0.25, 0.3) is 0 Å². The minimum Gasteiger partial charge on any atom is -0.338 e. The Labute approximate surface area is 147 Å². The number of amides is 2. The Bertz CT molecular complexity index is 551. The fraction of sp³-hybridized carbons (Fsp3) is 0.625. The van der Waals surface area contributed by atoms with Gasteiger partial charge in [-0.1, -0.05) is 0 Å². The molecule has 0 aromatic carbocycles. The van der Waals surface area contributed by atoms with Gasteiger partial charge < -0.3 is 15.1 Å². The van der Waals surface area contributed by atoms with Crippen LogP contribution in [-0.4, -0.2) is 60.9 Å². The van der Waals surface area contributed by atoms with Crippen LogP contribution in [0.15, 0.2) is 12.1 Å². The lowest BCUT2D eigenvalue weighted by molar-refractivity contribution is -0.131. The molecule has 2 heterocycles. The molecule has 0 bridgehead atoms. The van der Waals surface area contributed by atoms with Gasteiger partial charge in [0.1, 0.15) is 0 Å². The molecule has 0 radical (unpaired) electrons. The fourth-order valence-corrected chi connectivity index (χ4v) is 3.52. The Kier molecular flexibility index (Phi) is 6.44. The Morgan fingerprint density at radius 2 is 1.83 bits per heavy atom. The second kappa shape index (κ2) is 8.13. The van der Waals surface area contributed by atoms with Crippen LogP contribution >= 0.6 is 23.7 Å². The van der Waals surface area contributed by atoms with Crippen molar-refractivity contribution in [3.8, 4) is 0 Å². The maximum atomic E-state index is 12.4. The average Bonchev–Trinajstić information content (AvgIpc) is 3.25. The van der Waals surface area contributed by atoms with Crippen molar-refractivity contribution < 1.29 is 9.59 Å². The van der Waals surface area contributed by atoms with Crippen molar-refractivity contribution in [3.63, 3.8) is 0 Å². The number of nitrogens with zero attached hydrogens (tertiary/aromatic N) is 2. The highest BCUT2D eigenvalue weighted by Gasteiger charge is 2.26. The van der Waals surface area contributed by atoms with Crippen LogP contribution < -0.4 is 5.32 Å². The van der Waals surface area contributed by atoms with Crippen LogP contribution in [0.1, 0.15) is 27.4 Å². The van der Waals surface area contributed by atoms with E-state index in [1.165, 1.54) is 24.2 Å². The molecule has 5 nitrogen and oxygen atoms in total.